The van der Waals surface area contributed by atoms with E-state index in [4.69, 9.17) is 10.7 Å². The van der Waals surface area contributed by atoms with Gasteiger partial charge in [0, 0.05) is 18.6 Å². The highest BCUT2D eigenvalue weighted by atomic mass is 15.3. The van der Waals surface area contributed by atoms with Crippen molar-refractivity contribution in [1.82, 2.24) is 14.7 Å². The molecule has 2 aliphatic rings. The zero-order chi connectivity index (χ0) is 16.0. The molecule has 0 saturated carbocycles. The van der Waals surface area contributed by atoms with Crippen molar-refractivity contribution in [3.05, 3.63) is 0 Å². The number of rotatable bonds is 5. The maximum Gasteiger partial charge on any atom is 0.191 e. The summed E-state index contributed by atoms with van der Waals surface area (Å²) in [5.41, 5.74) is 6.46. The van der Waals surface area contributed by atoms with E-state index in [1.165, 1.54) is 58.3 Å². The largest absolute Gasteiger partial charge is 0.370 e. The molecular weight excluding hydrogens is 274 g/mol. The fraction of sp³-hybridized carbons (Fsp3) is 0.941. The van der Waals surface area contributed by atoms with Gasteiger partial charge >= 0.3 is 0 Å². The molecule has 0 radical (unpaired) electrons. The van der Waals surface area contributed by atoms with Crippen molar-refractivity contribution in [2.45, 2.75) is 51.5 Å². The van der Waals surface area contributed by atoms with Crippen molar-refractivity contribution in [3.63, 3.8) is 0 Å². The van der Waals surface area contributed by atoms with E-state index >= 15 is 0 Å². The molecule has 128 valence electrons. The molecule has 0 aromatic carbocycles. The van der Waals surface area contributed by atoms with E-state index in [0.29, 0.717) is 0 Å². The molecule has 0 aromatic rings. The first-order valence-electron chi connectivity index (χ1n) is 9.10. The van der Waals surface area contributed by atoms with Crippen LogP contribution in [-0.4, -0.2) is 79.1 Å². The average molecular weight is 310 g/mol. The zero-order valence-electron chi connectivity index (χ0n) is 14.9. The fourth-order valence-electron chi connectivity index (χ4n) is 3.85. The van der Waals surface area contributed by atoms with Crippen LogP contribution in [0.5, 0.6) is 0 Å². The number of hydrogen-bond donors (Lipinski definition) is 1. The van der Waals surface area contributed by atoms with Gasteiger partial charge in [0.15, 0.2) is 5.96 Å². The van der Waals surface area contributed by atoms with Crippen molar-refractivity contribution < 1.29 is 0 Å². The van der Waals surface area contributed by atoms with Crippen molar-refractivity contribution in [2.24, 2.45) is 10.7 Å². The average Bonchev–Trinajstić information content (AvgIpc) is 2.57. The summed E-state index contributed by atoms with van der Waals surface area (Å²) in [6.07, 6.45) is 6.51. The van der Waals surface area contributed by atoms with E-state index in [1.807, 2.05) is 0 Å². The predicted octanol–water partition coefficient (Wildman–Crippen LogP) is 1.59. The van der Waals surface area contributed by atoms with E-state index in [2.05, 4.69) is 35.6 Å². The Bertz CT molecular complexity index is 350. The Morgan fingerprint density at radius 2 is 1.64 bits per heavy atom. The zero-order valence-corrected chi connectivity index (χ0v) is 14.9. The minimum Gasteiger partial charge on any atom is -0.370 e. The van der Waals surface area contributed by atoms with Gasteiger partial charge in [-0.15, -0.1) is 0 Å². The standard InChI is InChI=1S/C17H35N5/c1-4-21(5-2)16(18)19-15-17(9-13-20(3)14-10-17)22-11-7-6-8-12-22/h4-15H2,1-3H3,(H2,18,19). The van der Waals surface area contributed by atoms with Crippen LogP contribution >= 0.6 is 0 Å². The van der Waals surface area contributed by atoms with Crippen LogP contribution in [-0.2, 0) is 0 Å². The van der Waals surface area contributed by atoms with Crippen LogP contribution < -0.4 is 5.73 Å². The minimum atomic E-state index is 0.241. The molecule has 0 unspecified atom stereocenters. The molecule has 0 amide bonds. The van der Waals surface area contributed by atoms with Crippen molar-refractivity contribution in [3.8, 4) is 0 Å². The van der Waals surface area contributed by atoms with Gasteiger partial charge in [0.1, 0.15) is 0 Å². The van der Waals surface area contributed by atoms with E-state index in [-0.39, 0.29) is 5.54 Å². The van der Waals surface area contributed by atoms with Crippen LogP contribution in [0, 0.1) is 0 Å². The van der Waals surface area contributed by atoms with Gasteiger partial charge < -0.3 is 15.5 Å². The SMILES string of the molecule is CCN(CC)C(N)=NCC1(N2CCCCC2)CCN(C)CC1. The highest BCUT2D eigenvalue weighted by Gasteiger charge is 2.39. The summed E-state index contributed by atoms with van der Waals surface area (Å²) in [5.74, 6) is 0.723. The van der Waals surface area contributed by atoms with E-state index in [9.17, 15) is 0 Å². The molecule has 22 heavy (non-hydrogen) atoms. The van der Waals surface area contributed by atoms with E-state index in [0.717, 1.165) is 25.6 Å². The van der Waals surface area contributed by atoms with Gasteiger partial charge in [-0.2, -0.15) is 0 Å². The van der Waals surface area contributed by atoms with E-state index in [1.54, 1.807) is 0 Å². The molecule has 0 atom stereocenters. The third-order valence-electron chi connectivity index (χ3n) is 5.57. The highest BCUT2D eigenvalue weighted by Crippen LogP contribution is 2.31. The lowest BCUT2D eigenvalue weighted by atomic mass is 9.84. The van der Waals surface area contributed by atoms with Gasteiger partial charge in [0.2, 0.25) is 0 Å². The molecule has 0 bridgehead atoms. The highest BCUT2D eigenvalue weighted by molar-refractivity contribution is 5.78. The van der Waals surface area contributed by atoms with Crippen LogP contribution in [0.15, 0.2) is 4.99 Å². The number of hydrogen-bond acceptors (Lipinski definition) is 3. The molecule has 0 spiro atoms. The molecule has 2 aliphatic heterocycles. The van der Waals surface area contributed by atoms with Crippen LogP contribution in [0.2, 0.25) is 0 Å². The van der Waals surface area contributed by atoms with Crippen molar-refractivity contribution >= 4 is 5.96 Å². The second kappa shape index (κ2) is 8.16. The second-order valence-electron chi connectivity index (χ2n) is 6.92. The Labute approximate surface area is 136 Å². The van der Waals surface area contributed by atoms with Crippen LogP contribution in [0.3, 0.4) is 0 Å². The Hall–Kier alpha value is -0.810. The minimum absolute atomic E-state index is 0.241. The molecule has 0 aliphatic carbocycles. The molecule has 2 N–H and O–H groups in total. The summed E-state index contributed by atoms with van der Waals surface area (Å²) < 4.78 is 0. The van der Waals surface area contributed by atoms with Gasteiger partial charge in [-0.25, -0.2) is 0 Å². The number of nitrogens with two attached hydrogens (primary N) is 1. The third-order valence-corrected chi connectivity index (χ3v) is 5.57. The summed E-state index contributed by atoms with van der Waals surface area (Å²) >= 11 is 0. The topological polar surface area (TPSA) is 48.1 Å². The van der Waals surface area contributed by atoms with Crippen LogP contribution in [0.4, 0.5) is 0 Å². The normalized spacial score (nSPS) is 24.4. The lowest BCUT2D eigenvalue weighted by Crippen LogP contribution is -2.58. The van der Waals surface area contributed by atoms with Crippen LogP contribution in [0.1, 0.15) is 46.0 Å². The smallest absolute Gasteiger partial charge is 0.191 e. The molecular formula is C17H35N5. The predicted molar refractivity (Wildman–Crippen MR) is 94.3 cm³/mol. The van der Waals surface area contributed by atoms with Crippen LogP contribution in [0.25, 0.3) is 0 Å². The number of piperidine rings is 2. The van der Waals surface area contributed by atoms with Crippen molar-refractivity contribution in [2.75, 3.05) is 52.9 Å². The molecule has 2 saturated heterocycles. The lowest BCUT2D eigenvalue weighted by Gasteiger charge is -2.49. The summed E-state index contributed by atoms with van der Waals surface area (Å²) in [6, 6.07) is 0. The number of likely N-dealkylation sites (tertiary alicyclic amines) is 2. The lowest BCUT2D eigenvalue weighted by molar-refractivity contribution is 0.0207. The summed E-state index contributed by atoms with van der Waals surface area (Å²) in [4.78, 5) is 12.1. The Kier molecular flexibility index (Phi) is 6.50. The maximum atomic E-state index is 6.22. The molecule has 2 rings (SSSR count). The summed E-state index contributed by atoms with van der Waals surface area (Å²) in [7, 11) is 2.23. The van der Waals surface area contributed by atoms with Gasteiger partial charge in [0.05, 0.1) is 6.54 Å². The Morgan fingerprint density at radius 1 is 1.05 bits per heavy atom. The van der Waals surface area contributed by atoms with Gasteiger partial charge in [-0.3, -0.25) is 9.89 Å². The summed E-state index contributed by atoms with van der Waals surface area (Å²) in [6.45, 7) is 11.9. The molecule has 0 aromatic heterocycles. The second-order valence-corrected chi connectivity index (χ2v) is 6.92. The van der Waals surface area contributed by atoms with Crippen molar-refractivity contribution in [1.29, 1.82) is 0 Å². The number of nitrogens with zero attached hydrogens (tertiary/aromatic N) is 4. The number of aliphatic imine (C=N–C) groups is 1. The summed E-state index contributed by atoms with van der Waals surface area (Å²) in [5, 5.41) is 0. The molecule has 2 fully saturated rings. The first-order valence-corrected chi connectivity index (χ1v) is 9.10. The molecule has 5 nitrogen and oxygen atoms in total. The number of guanidine groups is 1. The van der Waals surface area contributed by atoms with Gasteiger partial charge in [-0.1, -0.05) is 6.42 Å². The monoisotopic (exact) mass is 309 g/mol. The molecule has 5 heteroatoms. The Balaban J connectivity index is 2.09. The van der Waals surface area contributed by atoms with Gasteiger partial charge in [-0.05, 0) is 72.8 Å². The van der Waals surface area contributed by atoms with E-state index < -0.39 is 0 Å². The fourth-order valence-corrected chi connectivity index (χ4v) is 3.85. The maximum absolute atomic E-state index is 6.22. The van der Waals surface area contributed by atoms with Gasteiger partial charge in [0.25, 0.3) is 0 Å². The third kappa shape index (κ3) is 4.13. The first kappa shape index (κ1) is 17.5. The Morgan fingerprint density at radius 3 is 2.18 bits per heavy atom. The molecule has 2 heterocycles. The first-order chi connectivity index (χ1) is 10.6. The quantitative estimate of drug-likeness (QED) is 0.619.